The second-order valence-corrected chi connectivity index (χ2v) is 5.52. The average Bonchev–Trinajstić information content (AvgIpc) is 2.24. The maximum atomic E-state index is 11.2. The van der Waals surface area contributed by atoms with E-state index in [0.717, 1.165) is 12.3 Å². The van der Waals surface area contributed by atoms with Crippen molar-refractivity contribution in [2.75, 3.05) is 6.61 Å². The summed E-state index contributed by atoms with van der Waals surface area (Å²) in [5.74, 6) is 0.998. The Hall–Kier alpha value is -0.790. The molecule has 0 amide bonds. The third-order valence-electron chi connectivity index (χ3n) is 2.83. The Labute approximate surface area is 106 Å². The van der Waals surface area contributed by atoms with Crippen LogP contribution in [0.3, 0.4) is 0 Å². The lowest BCUT2D eigenvalue weighted by Crippen LogP contribution is -2.12. The van der Waals surface area contributed by atoms with Gasteiger partial charge in [-0.25, -0.2) is 4.79 Å². The van der Waals surface area contributed by atoms with Crippen molar-refractivity contribution < 1.29 is 9.53 Å². The Balaban J connectivity index is 3.44. The zero-order valence-electron chi connectivity index (χ0n) is 11.9. The van der Waals surface area contributed by atoms with Gasteiger partial charge in [-0.3, -0.25) is 0 Å². The van der Waals surface area contributed by atoms with Gasteiger partial charge in [0.1, 0.15) is 0 Å². The van der Waals surface area contributed by atoms with Crippen molar-refractivity contribution in [1.82, 2.24) is 0 Å². The molecule has 0 bridgehead atoms. The highest BCUT2D eigenvalue weighted by atomic mass is 16.5. The molecule has 0 fully saturated rings. The number of hydrogen-bond donors (Lipinski definition) is 0. The first-order valence-electron chi connectivity index (χ1n) is 6.76. The summed E-state index contributed by atoms with van der Waals surface area (Å²) in [6.07, 6.45) is 6.30. The summed E-state index contributed by atoms with van der Waals surface area (Å²) in [7, 11) is 0. The molecule has 0 aliphatic rings. The van der Waals surface area contributed by atoms with Gasteiger partial charge in [-0.1, -0.05) is 53.0 Å². The van der Waals surface area contributed by atoms with Crippen LogP contribution < -0.4 is 0 Å². The Morgan fingerprint density at radius 1 is 1.12 bits per heavy atom. The highest BCUT2D eigenvalue weighted by Gasteiger charge is 2.07. The molecule has 0 saturated carbocycles. The average molecular weight is 240 g/mol. The Bertz CT molecular complexity index is 231. The van der Waals surface area contributed by atoms with E-state index in [1.807, 2.05) is 0 Å². The van der Waals surface area contributed by atoms with Crippen LogP contribution in [0.15, 0.2) is 12.2 Å². The van der Waals surface area contributed by atoms with Crippen molar-refractivity contribution in [1.29, 1.82) is 0 Å². The zero-order chi connectivity index (χ0) is 13.3. The lowest BCUT2D eigenvalue weighted by Gasteiger charge is -2.12. The number of ether oxygens (including phenoxy) is 1. The molecule has 0 aliphatic carbocycles. The first kappa shape index (κ1) is 16.2. The van der Waals surface area contributed by atoms with Crippen LogP contribution in [0.5, 0.6) is 0 Å². The fraction of sp³-hybridized carbons (Fsp3) is 0.800. The number of unbranched alkanes of at least 4 members (excludes halogenated alkanes) is 2. The van der Waals surface area contributed by atoms with Gasteiger partial charge in [-0.2, -0.15) is 0 Å². The minimum atomic E-state index is -0.267. The second-order valence-electron chi connectivity index (χ2n) is 5.52. The molecule has 0 radical (unpaired) electrons. The fourth-order valence-corrected chi connectivity index (χ4v) is 1.65. The SMILES string of the molecule is C=C(C)C(=O)OCC(C)CCCCCC(C)C. The van der Waals surface area contributed by atoms with Crippen molar-refractivity contribution in [3.05, 3.63) is 12.2 Å². The summed E-state index contributed by atoms with van der Waals surface area (Å²) in [5.41, 5.74) is 0.481. The Morgan fingerprint density at radius 2 is 1.71 bits per heavy atom. The number of carbonyl (C=O) groups excluding carboxylic acids is 1. The summed E-state index contributed by atoms with van der Waals surface area (Å²) in [6.45, 7) is 12.4. The van der Waals surface area contributed by atoms with E-state index in [1.165, 1.54) is 25.7 Å². The topological polar surface area (TPSA) is 26.3 Å². The van der Waals surface area contributed by atoms with Crippen molar-refractivity contribution in [2.45, 2.75) is 59.8 Å². The number of carbonyl (C=O) groups is 1. The van der Waals surface area contributed by atoms with Crippen LogP contribution in [-0.2, 0) is 9.53 Å². The largest absolute Gasteiger partial charge is 0.462 e. The van der Waals surface area contributed by atoms with Gasteiger partial charge in [0.25, 0.3) is 0 Å². The van der Waals surface area contributed by atoms with Gasteiger partial charge >= 0.3 is 5.97 Å². The lowest BCUT2D eigenvalue weighted by molar-refractivity contribution is -0.140. The molecular weight excluding hydrogens is 212 g/mol. The molecule has 0 aliphatic heterocycles. The summed E-state index contributed by atoms with van der Waals surface area (Å²) in [6, 6.07) is 0. The van der Waals surface area contributed by atoms with E-state index in [9.17, 15) is 4.79 Å². The molecule has 1 atom stereocenters. The van der Waals surface area contributed by atoms with E-state index in [-0.39, 0.29) is 5.97 Å². The fourth-order valence-electron chi connectivity index (χ4n) is 1.65. The standard InChI is InChI=1S/C15H28O2/c1-12(2)9-7-6-8-10-14(5)11-17-15(16)13(3)4/h12,14H,3,6-11H2,1-2,4-5H3. The van der Waals surface area contributed by atoms with Crippen LogP contribution >= 0.6 is 0 Å². The molecule has 2 nitrogen and oxygen atoms in total. The second kappa shape index (κ2) is 9.26. The Morgan fingerprint density at radius 3 is 2.24 bits per heavy atom. The van der Waals surface area contributed by atoms with Crippen LogP contribution in [-0.4, -0.2) is 12.6 Å². The summed E-state index contributed by atoms with van der Waals surface area (Å²) >= 11 is 0. The first-order valence-corrected chi connectivity index (χ1v) is 6.76. The van der Waals surface area contributed by atoms with Crippen molar-refractivity contribution in [2.24, 2.45) is 11.8 Å². The van der Waals surface area contributed by atoms with E-state index >= 15 is 0 Å². The molecule has 0 N–H and O–H groups in total. The van der Waals surface area contributed by atoms with Crippen LogP contribution in [0.4, 0.5) is 0 Å². The van der Waals surface area contributed by atoms with Crippen LogP contribution in [0.2, 0.25) is 0 Å². The van der Waals surface area contributed by atoms with E-state index in [4.69, 9.17) is 4.74 Å². The molecule has 0 aromatic carbocycles. The maximum Gasteiger partial charge on any atom is 0.333 e. The summed E-state index contributed by atoms with van der Waals surface area (Å²) < 4.78 is 5.12. The van der Waals surface area contributed by atoms with E-state index in [1.54, 1.807) is 6.92 Å². The minimum Gasteiger partial charge on any atom is -0.462 e. The zero-order valence-corrected chi connectivity index (χ0v) is 11.9. The maximum absolute atomic E-state index is 11.2. The predicted octanol–water partition coefficient (Wildman–Crippen LogP) is 4.35. The van der Waals surface area contributed by atoms with Crippen molar-refractivity contribution >= 4 is 5.97 Å². The van der Waals surface area contributed by atoms with E-state index in [0.29, 0.717) is 18.1 Å². The lowest BCUT2D eigenvalue weighted by atomic mass is 10.0. The molecule has 100 valence electrons. The van der Waals surface area contributed by atoms with Crippen molar-refractivity contribution in [3.8, 4) is 0 Å². The van der Waals surface area contributed by atoms with Gasteiger partial charge < -0.3 is 4.74 Å². The molecule has 17 heavy (non-hydrogen) atoms. The summed E-state index contributed by atoms with van der Waals surface area (Å²) in [5, 5.41) is 0. The van der Waals surface area contributed by atoms with Gasteiger partial charge in [-0.05, 0) is 25.2 Å². The molecule has 1 unspecified atom stereocenters. The van der Waals surface area contributed by atoms with Gasteiger partial charge in [0.05, 0.1) is 6.61 Å². The molecule has 0 heterocycles. The van der Waals surface area contributed by atoms with Crippen LogP contribution in [0.1, 0.15) is 59.8 Å². The molecular formula is C15H28O2. The molecule has 0 rings (SSSR count). The van der Waals surface area contributed by atoms with Gasteiger partial charge in [0.2, 0.25) is 0 Å². The van der Waals surface area contributed by atoms with Gasteiger partial charge in [-0.15, -0.1) is 0 Å². The first-order chi connectivity index (χ1) is 7.93. The third kappa shape index (κ3) is 10.1. The minimum absolute atomic E-state index is 0.267. The summed E-state index contributed by atoms with van der Waals surface area (Å²) in [4.78, 5) is 11.2. The predicted molar refractivity (Wildman–Crippen MR) is 72.9 cm³/mol. The molecule has 2 heteroatoms. The van der Waals surface area contributed by atoms with Crippen LogP contribution in [0.25, 0.3) is 0 Å². The van der Waals surface area contributed by atoms with Crippen molar-refractivity contribution in [3.63, 3.8) is 0 Å². The van der Waals surface area contributed by atoms with E-state index < -0.39 is 0 Å². The Kier molecular flexibility index (Phi) is 8.83. The molecule has 0 spiro atoms. The van der Waals surface area contributed by atoms with Gasteiger partial charge in [0.15, 0.2) is 0 Å². The molecule has 0 saturated heterocycles. The van der Waals surface area contributed by atoms with Gasteiger partial charge in [0, 0.05) is 5.57 Å². The molecule has 0 aromatic rings. The quantitative estimate of drug-likeness (QED) is 0.340. The third-order valence-corrected chi connectivity index (χ3v) is 2.83. The van der Waals surface area contributed by atoms with Crippen LogP contribution in [0, 0.1) is 11.8 Å². The number of esters is 1. The normalized spacial score (nSPS) is 12.5. The monoisotopic (exact) mass is 240 g/mol. The highest BCUT2D eigenvalue weighted by molar-refractivity contribution is 5.86. The number of rotatable bonds is 9. The smallest absolute Gasteiger partial charge is 0.333 e. The van der Waals surface area contributed by atoms with E-state index in [2.05, 4.69) is 27.4 Å². The number of hydrogen-bond acceptors (Lipinski definition) is 2. The molecule has 0 aromatic heterocycles. The highest BCUT2D eigenvalue weighted by Crippen LogP contribution is 2.13.